The number of hydrogen-bond acceptors (Lipinski definition) is 4. The van der Waals surface area contributed by atoms with Gasteiger partial charge in [0.15, 0.2) is 0 Å². The Balaban J connectivity index is 4.52. The molecule has 0 aromatic rings. The van der Waals surface area contributed by atoms with E-state index in [-0.39, 0.29) is 0 Å². The van der Waals surface area contributed by atoms with Crippen LogP contribution in [0.5, 0.6) is 0 Å². The molecule has 0 rings (SSSR count). The molecule has 74 valence electrons. The molecular formula is C6H8O7. The van der Waals surface area contributed by atoms with E-state index in [2.05, 4.69) is 4.74 Å². The molecule has 0 heterocycles. The van der Waals surface area contributed by atoms with Crippen molar-refractivity contribution < 1.29 is 34.4 Å². The molecule has 0 aromatic heterocycles. The van der Waals surface area contributed by atoms with Gasteiger partial charge in [-0.05, 0) is 6.92 Å². The second kappa shape index (κ2) is 3.85. The average molecular weight is 192 g/mol. The molecule has 0 bridgehead atoms. The highest BCUT2D eigenvalue weighted by molar-refractivity contribution is 6.01. The molecule has 0 aliphatic rings. The number of carboxylic acids is 3. The molecular weight excluding hydrogens is 184 g/mol. The van der Waals surface area contributed by atoms with Crippen LogP contribution in [0.2, 0.25) is 0 Å². The van der Waals surface area contributed by atoms with Crippen molar-refractivity contribution in [2.24, 2.45) is 0 Å². The van der Waals surface area contributed by atoms with Crippen molar-refractivity contribution in [1.82, 2.24) is 0 Å². The number of ether oxygens (including phenoxy) is 1. The van der Waals surface area contributed by atoms with Gasteiger partial charge < -0.3 is 20.1 Å². The summed E-state index contributed by atoms with van der Waals surface area (Å²) in [6.07, 6.45) is 0. The van der Waals surface area contributed by atoms with Gasteiger partial charge in [-0.15, -0.1) is 0 Å². The molecule has 0 amide bonds. The van der Waals surface area contributed by atoms with Crippen LogP contribution in [0.25, 0.3) is 0 Å². The van der Waals surface area contributed by atoms with Gasteiger partial charge in [0.25, 0.3) is 5.60 Å². The van der Waals surface area contributed by atoms with E-state index in [4.69, 9.17) is 15.3 Å². The van der Waals surface area contributed by atoms with Gasteiger partial charge in [0.05, 0.1) is 0 Å². The zero-order chi connectivity index (χ0) is 10.6. The van der Waals surface area contributed by atoms with Crippen LogP contribution < -0.4 is 0 Å². The predicted molar refractivity (Wildman–Crippen MR) is 37.3 cm³/mol. The Kier molecular flexibility index (Phi) is 3.37. The average Bonchev–Trinajstić information content (AvgIpc) is 1.99. The summed E-state index contributed by atoms with van der Waals surface area (Å²) < 4.78 is 4.22. The first-order valence-electron chi connectivity index (χ1n) is 3.13. The van der Waals surface area contributed by atoms with Crippen LogP contribution in [-0.2, 0) is 19.1 Å². The third-order valence-corrected chi connectivity index (χ3v) is 1.30. The van der Waals surface area contributed by atoms with Crippen molar-refractivity contribution in [3.8, 4) is 0 Å². The Morgan fingerprint density at radius 2 is 1.54 bits per heavy atom. The van der Waals surface area contributed by atoms with Crippen molar-refractivity contribution in [3.63, 3.8) is 0 Å². The molecule has 0 radical (unpaired) electrons. The molecule has 0 saturated heterocycles. The Bertz CT molecular complexity index is 229. The quantitative estimate of drug-likeness (QED) is 0.478. The second-order valence-electron chi connectivity index (χ2n) is 2.33. The van der Waals surface area contributed by atoms with Crippen molar-refractivity contribution in [1.29, 1.82) is 0 Å². The maximum Gasteiger partial charge on any atom is 0.347 e. The van der Waals surface area contributed by atoms with Crippen LogP contribution in [0.15, 0.2) is 0 Å². The molecule has 0 aliphatic carbocycles. The van der Waals surface area contributed by atoms with Gasteiger partial charge in [-0.25, -0.2) is 14.4 Å². The highest BCUT2D eigenvalue weighted by atomic mass is 16.6. The SMILES string of the molecule is CC(OCC(=O)O)(C(=O)O)C(=O)O. The van der Waals surface area contributed by atoms with Gasteiger partial charge in [0.1, 0.15) is 6.61 Å². The van der Waals surface area contributed by atoms with E-state index in [1.807, 2.05) is 0 Å². The van der Waals surface area contributed by atoms with Gasteiger partial charge in [-0.2, -0.15) is 0 Å². The third kappa shape index (κ3) is 2.71. The lowest BCUT2D eigenvalue weighted by molar-refractivity contribution is -0.183. The van der Waals surface area contributed by atoms with Crippen LogP contribution in [0, 0.1) is 0 Å². The highest BCUT2D eigenvalue weighted by Gasteiger charge is 2.43. The first-order chi connectivity index (χ1) is 5.80. The van der Waals surface area contributed by atoms with Crippen LogP contribution >= 0.6 is 0 Å². The fourth-order valence-electron chi connectivity index (χ4n) is 0.421. The molecule has 13 heavy (non-hydrogen) atoms. The molecule has 0 fully saturated rings. The van der Waals surface area contributed by atoms with Crippen LogP contribution in [0.3, 0.4) is 0 Å². The summed E-state index contributed by atoms with van der Waals surface area (Å²) in [5, 5.41) is 25.0. The largest absolute Gasteiger partial charge is 0.480 e. The van der Waals surface area contributed by atoms with Gasteiger partial charge in [0, 0.05) is 0 Å². The monoisotopic (exact) mass is 192 g/mol. The molecule has 0 atom stereocenters. The summed E-state index contributed by atoms with van der Waals surface area (Å²) in [7, 11) is 0. The molecule has 3 N–H and O–H groups in total. The Morgan fingerprint density at radius 3 is 1.77 bits per heavy atom. The summed E-state index contributed by atoms with van der Waals surface area (Å²) in [6.45, 7) is -0.213. The van der Waals surface area contributed by atoms with Crippen LogP contribution in [-0.4, -0.2) is 45.4 Å². The minimum absolute atomic E-state index is 0.764. The Labute approximate surface area is 72.5 Å². The molecule has 7 nitrogen and oxygen atoms in total. The normalized spacial score (nSPS) is 10.8. The van der Waals surface area contributed by atoms with Gasteiger partial charge in [0.2, 0.25) is 0 Å². The van der Waals surface area contributed by atoms with E-state index in [0.717, 1.165) is 6.92 Å². The van der Waals surface area contributed by atoms with Gasteiger partial charge in [-0.3, -0.25) is 0 Å². The molecule has 0 saturated carbocycles. The summed E-state index contributed by atoms with van der Waals surface area (Å²) >= 11 is 0. The highest BCUT2D eigenvalue weighted by Crippen LogP contribution is 2.10. The fourth-order valence-corrected chi connectivity index (χ4v) is 0.421. The van der Waals surface area contributed by atoms with E-state index >= 15 is 0 Å². The summed E-state index contributed by atoms with van der Waals surface area (Å²) in [4.78, 5) is 30.7. The van der Waals surface area contributed by atoms with E-state index in [9.17, 15) is 14.4 Å². The Morgan fingerprint density at radius 1 is 1.15 bits per heavy atom. The minimum Gasteiger partial charge on any atom is -0.480 e. The van der Waals surface area contributed by atoms with E-state index in [1.165, 1.54) is 0 Å². The molecule has 0 aromatic carbocycles. The lowest BCUT2D eigenvalue weighted by Gasteiger charge is -2.18. The molecule has 0 aliphatic heterocycles. The maximum atomic E-state index is 10.4. The van der Waals surface area contributed by atoms with Crippen molar-refractivity contribution >= 4 is 17.9 Å². The molecule has 7 heteroatoms. The second-order valence-corrected chi connectivity index (χ2v) is 2.33. The van der Waals surface area contributed by atoms with Gasteiger partial charge >= 0.3 is 17.9 Å². The number of aliphatic carboxylic acids is 3. The Hall–Kier alpha value is -1.63. The smallest absolute Gasteiger partial charge is 0.347 e. The van der Waals surface area contributed by atoms with Crippen LogP contribution in [0.4, 0.5) is 0 Å². The standard InChI is InChI=1S/C6H8O7/c1-6(4(9)10,5(11)12)13-2-3(7)8/h2H2,1H3,(H,7,8)(H,9,10)(H,11,12). The zero-order valence-corrected chi connectivity index (χ0v) is 6.68. The summed E-state index contributed by atoms with van der Waals surface area (Å²) in [5.74, 6) is -4.93. The third-order valence-electron chi connectivity index (χ3n) is 1.30. The van der Waals surface area contributed by atoms with Crippen molar-refractivity contribution in [2.45, 2.75) is 12.5 Å². The molecule has 0 unspecified atom stereocenters. The van der Waals surface area contributed by atoms with Crippen molar-refractivity contribution in [2.75, 3.05) is 6.61 Å². The zero-order valence-electron chi connectivity index (χ0n) is 6.68. The van der Waals surface area contributed by atoms with E-state index in [1.54, 1.807) is 0 Å². The van der Waals surface area contributed by atoms with E-state index in [0.29, 0.717) is 0 Å². The lowest BCUT2D eigenvalue weighted by atomic mass is 10.1. The number of rotatable bonds is 5. The minimum atomic E-state index is -2.52. The summed E-state index contributed by atoms with van der Waals surface area (Å²) in [6, 6.07) is 0. The number of carboxylic acid groups (broad SMARTS) is 3. The predicted octanol–water partition coefficient (Wildman–Crippen LogP) is -0.984. The first kappa shape index (κ1) is 11.4. The number of carbonyl (C=O) groups is 3. The summed E-state index contributed by atoms with van der Waals surface area (Å²) in [5.41, 5.74) is -2.52. The van der Waals surface area contributed by atoms with E-state index < -0.39 is 30.1 Å². The first-order valence-corrected chi connectivity index (χ1v) is 3.13. The lowest BCUT2D eigenvalue weighted by Crippen LogP contribution is -2.47. The van der Waals surface area contributed by atoms with Gasteiger partial charge in [-0.1, -0.05) is 0 Å². The fraction of sp³-hybridized carbons (Fsp3) is 0.500. The molecule has 0 spiro atoms. The van der Waals surface area contributed by atoms with Crippen molar-refractivity contribution in [3.05, 3.63) is 0 Å². The van der Waals surface area contributed by atoms with Crippen LogP contribution in [0.1, 0.15) is 6.92 Å². The number of hydrogen-bond donors (Lipinski definition) is 3. The maximum absolute atomic E-state index is 10.4. The topological polar surface area (TPSA) is 121 Å².